The minimum Gasteiger partial charge on any atom is -0.444 e. The van der Waals surface area contributed by atoms with Gasteiger partial charge in [-0.2, -0.15) is 0 Å². The molecule has 0 spiro atoms. The van der Waals surface area contributed by atoms with Crippen LogP contribution in [0.5, 0.6) is 0 Å². The monoisotopic (exact) mass is 523 g/mol. The van der Waals surface area contributed by atoms with E-state index in [9.17, 15) is 4.79 Å². The molecule has 2 heterocycles. The predicted molar refractivity (Wildman–Crippen MR) is 126 cm³/mol. The van der Waals surface area contributed by atoms with E-state index in [1.807, 2.05) is 32.6 Å². The molecule has 9 heteroatoms. The topological polar surface area (TPSA) is 78.9 Å². The first kappa shape index (κ1) is 24.9. The number of carbonyl (C=O) groups is 1. The highest BCUT2D eigenvalue weighted by atomic mass is 127. The Balaban J connectivity index is 0.00000392. The van der Waals surface area contributed by atoms with Gasteiger partial charge in [-0.1, -0.05) is 0 Å². The number of hydrogen-bond acceptors (Lipinski definition) is 5. The number of aryl methyl sites for hydroxylation is 1. The fourth-order valence-electron chi connectivity index (χ4n) is 2.94. The number of hydrogen-bond donors (Lipinski definition) is 2. The van der Waals surface area contributed by atoms with Gasteiger partial charge in [-0.25, -0.2) is 9.78 Å². The van der Waals surface area contributed by atoms with Crippen LogP contribution in [0, 0.1) is 12.8 Å². The molecule has 28 heavy (non-hydrogen) atoms. The minimum absolute atomic E-state index is 0. The zero-order valence-corrected chi connectivity index (χ0v) is 20.7. The number of carbonyl (C=O) groups excluding carboxylic acids is 1. The second kappa shape index (κ2) is 11.8. The number of amides is 1. The summed E-state index contributed by atoms with van der Waals surface area (Å²) in [5, 5.41) is 9.94. The molecule has 1 amide bonds. The molecule has 0 unspecified atom stereocenters. The van der Waals surface area contributed by atoms with Crippen molar-refractivity contribution in [3.63, 3.8) is 0 Å². The third-order valence-electron chi connectivity index (χ3n) is 4.39. The number of aromatic nitrogens is 1. The molecule has 160 valence electrons. The van der Waals surface area contributed by atoms with E-state index in [1.165, 1.54) is 0 Å². The molecule has 2 rings (SSSR count). The van der Waals surface area contributed by atoms with Crippen LogP contribution in [0.1, 0.15) is 44.3 Å². The van der Waals surface area contributed by atoms with Crippen LogP contribution in [0.4, 0.5) is 4.79 Å². The molecule has 1 fully saturated rings. The lowest BCUT2D eigenvalue weighted by Crippen LogP contribution is -2.45. The van der Waals surface area contributed by atoms with Gasteiger partial charge in [-0.3, -0.25) is 4.99 Å². The maximum atomic E-state index is 12.1. The zero-order chi connectivity index (χ0) is 19.9. The van der Waals surface area contributed by atoms with Gasteiger partial charge in [0.1, 0.15) is 5.60 Å². The van der Waals surface area contributed by atoms with Crippen molar-refractivity contribution in [3.8, 4) is 0 Å². The van der Waals surface area contributed by atoms with Crippen molar-refractivity contribution >= 4 is 47.4 Å². The molecule has 1 saturated heterocycles. The summed E-state index contributed by atoms with van der Waals surface area (Å²) in [4.78, 5) is 22.7. The van der Waals surface area contributed by atoms with E-state index in [-0.39, 0.29) is 30.1 Å². The molecule has 7 nitrogen and oxygen atoms in total. The molecular formula is C19H34IN5O2S. The highest BCUT2D eigenvalue weighted by molar-refractivity contribution is 14.0. The third-order valence-corrected chi connectivity index (χ3v) is 5.21. The third kappa shape index (κ3) is 8.93. The average Bonchev–Trinajstić information content (AvgIpc) is 3.02. The molecule has 0 aromatic carbocycles. The number of piperidine rings is 1. The number of nitrogens with zero attached hydrogens (tertiary/aromatic N) is 3. The summed E-state index contributed by atoms with van der Waals surface area (Å²) in [6.45, 7) is 10.9. The second-order valence-corrected chi connectivity index (χ2v) is 8.96. The molecular weight excluding hydrogens is 489 g/mol. The quantitative estimate of drug-likeness (QED) is 0.352. The van der Waals surface area contributed by atoms with Gasteiger partial charge in [0.15, 0.2) is 5.96 Å². The minimum atomic E-state index is -0.440. The lowest BCUT2D eigenvalue weighted by atomic mass is 9.97. The van der Waals surface area contributed by atoms with Crippen molar-refractivity contribution in [2.24, 2.45) is 10.9 Å². The van der Waals surface area contributed by atoms with Crippen LogP contribution in [0.2, 0.25) is 0 Å². The zero-order valence-electron chi connectivity index (χ0n) is 17.6. The lowest BCUT2D eigenvalue weighted by Gasteiger charge is -2.33. The Bertz CT molecular complexity index is 637. The first-order valence-electron chi connectivity index (χ1n) is 9.60. The van der Waals surface area contributed by atoms with E-state index in [2.05, 4.69) is 26.0 Å². The standard InChI is InChI=1S/C19H33N5O2S.HI/c1-14-23-16(13-27-14)6-9-21-17(20-5)22-12-15-7-10-24(11-8-15)18(25)26-19(2,3)4;/h13,15H,6-12H2,1-5H3,(H2,20,21,22);1H. The van der Waals surface area contributed by atoms with E-state index in [0.717, 1.165) is 62.1 Å². The van der Waals surface area contributed by atoms with E-state index in [4.69, 9.17) is 4.74 Å². The lowest BCUT2D eigenvalue weighted by molar-refractivity contribution is 0.0185. The smallest absolute Gasteiger partial charge is 0.410 e. The summed E-state index contributed by atoms with van der Waals surface area (Å²) in [6, 6.07) is 0. The average molecular weight is 523 g/mol. The van der Waals surface area contributed by atoms with Gasteiger partial charge in [0.25, 0.3) is 0 Å². The van der Waals surface area contributed by atoms with Crippen LogP contribution >= 0.6 is 35.3 Å². The second-order valence-electron chi connectivity index (χ2n) is 7.90. The van der Waals surface area contributed by atoms with Gasteiger partial charge in [0, 0.05) is 45.0 Å². The summed E-state index contributed by atoms with van der Waals surface area (Å²) in [5.41, 5.74) is 0.681. The normalized spacial score (nSPS) is 15.8. The first-order valence-corrected chi connectivity index (χ1v) is 10.5. The highest BCUT2D eigenvalue weighted by Gasteiger charge is 2.26. The van der Waals surface area contributed by atoms with Crippen LogP contribution in [0.25, 0.3) is 0 Å². The van der Waals surface area contributed by atoms with Crippen molar-refractivity contribution in [2.45, 2.75) is 52.6 Å². The molecule has 1 aliphatic rings. The number of likely N-dealkylation sites (tertiary alicyclic amines) is 1. The Kier molecular flexibility index (Phi) is 10.5. The number of guanidine groups is 1. The van der Waals surface area contributed by atoms with Crippen LogP contribution in [0.15, 0.2) is 10.4 Å². The van der Waals surface area contributed by atoms with Crippen molar-refractivity contribution < 1.29 is 9.53 Å². The number of halogens is 1. The fraction of sp³-hybridized carbons (Fsp3) is 0.737. The Hall–Kier alpha value is -1.10. The molecule has 1 aromatic heterocycles. The Morgan fingerprint density at radius 1 is 1.36 bits per heavy atom. The number of aliphatic imine (C=N–C) groups is 1. The van der Waals surface area contributed by atoms with Gasteiger partial charge in [-0.15, -0.1) is 35.3 Å². The van der Waals surface area contributed by atoms with Crippen LogP contribution in [0.3, 0.4) is 0 Å². The molecule has 2 N–H and O–H groups in total. The van der Waals surface area contributed by atoms with Gasteiger partial charge in [0.2, 0.25) is 0 Å². The van der Waals surface area contributed by atoms with E-state index in [1.54, 1.807) is 18.4 Å². The van der Waals surface area contributed by atoms with E-state index >= 15 is 0 Å². The Morgan fingerprint density at radius 2 is 2.04 bits per heavy atom. The largest absolute Gasteiger partial charge is 0.444 e. The molecule has 0 atom stereocenters. The summed E-state index contributed by atoms with van der Waals surface area (Å²) >= 11 is 1.68. The number of thiazole rings is 1. The Labute approximate surface area is 189 Å². The summed E-state index contributed by atoms with van der Waals surface area (Å²) in [7, 11) is 1.79. The van der Waals surface area contributed by atoms with E-state index in [0.29, 0.717) is 5.92 Å². The molecule has 0 saturated carbocycles. The maximum absolute atomic E-state index is 12.1. The highest BCUT2D eigenvalue weighted by Crippen LogP contribution is 2.19. The molecule has 1 aromatic rings. The van der Waals surface area contributed by atoms with Gasteiger partial charge in [0.05, 0.1) is 10.7 Å². The number of ether oxygens (including phenoxy) is 1. The van der Waals surface area contributed by atoms with Crippen molar-refractivity contribution in [2.75, 3.05) is 33.2 Å². The molecule has 1 aliphatic heterocycles. The fourth-order valence-corrected chi connectivity index (χ4v) is 3.59. The number of nitrogens with one attached hydrogen (secondary N) is 2. The maximum Gasteiger partial charge on any atom is 0.410 e. The van der Waals surface area contributed by atoms with E-state index < -0.39 is 5.60 Å². The summed E-state index contributed by atoms with van der Waals surface area (Å²) in [6.07, 6.45) is 2.63. The van der Waals surface area contributed by atoms with Crippen molar-refractivity contribution in [3.05, 3.63) is 16.1 Å². The molecule has 0 bridgehead atoms. The summed E-state index contributed by atoms with van der Waals surface area (Å²) < 4.78 is 5.45. The van der Waals surface area contributed by atoms with Gasteiger partial charge >= 0.3 is 6.09 Å². The molecule has 0 radical (unpaired) electrons. The van der Waals surface area contributed by atoms with Gasteiger partial charge in [-0.05, 0) is 46.5 Å². The van der Waals surface area contributed by atoms with Crippen molar-refractivity contribution in [1.29, 1.82) is 0 Å². The molecule has 0 aliphatic carbocycles. The Morgan fingerprint density at radius 3 is 2.57 bits per heavy atom. The first-order chi connectivity index (χ1) is 12.8. The van der Waals surface area contributed by atoms with Crippen LogP contribution in [-0.4, -0.2) is 60.8 Å². The van der Waals surface area contributed by atoms with Crippen LogP contribution < -0.4 is 10.6 Å². The SMILES string of the molecule is CN=C(NCCc1csc(C)n1)NCC1CCN(C(=O)OC(C)(C)C)CC1.I. The van der Waals surface area contributed by atoms with Crippen LogP contribution in [-0.2, 0) is 11.2 Å². The van der Waals surface area contributed by atoms with Gasteiger partial charge < -0.3 is 20.3 Å². The predicted octanol–water partition coefficient (Wildman–Crippen LogP) is 3.42. The number of rotatable bonds is 5. The van der Waals surface area contributed by atoms with Crippen molar-refractivity contribution in [1.82, 2.24) is 20.5 Å². The summed E-state index contributed by atoms with van der Waals surface area (Å²) in [5.74, 6) is 1.35.